The van der Waals surface area contributed by atoms with Crippen LogP contribution >= 0.6 is 0 Å². The second-order valence-electron chi connectivity index (χ2n) is 9.48. The maximum Gasteiger partial charge on any atom is 0.270 e. The molecule has 4 aromatic heterocycles. The van der Waals surface area contributed by atoms with Gasteiger partial charge in [0.25, 0.3) is 5.91 Å². The van der Waals surface area contributed by atoms with E-state index in [1.165, 1.54) is 0 Å². The van der Waals surface area contributed by atoms with E-state index >= 15 is 0 Å². The third-order valence-corrected chi connectivity index (χ3v) is 6.98. The Morgan fingerprint density at radius 1 is 1.00 bits per heavy atom. The second-order valence-corrected chi connectivity index (χ2v) is 9.48. The maximum absolute atomic E-state index is 13.2. The molecule has 5 aromatic rings. The largest absolute Gasteiger partial charge is 0.351 e. The monoisotopic (exact) mass is 492 g/mol. The van der Waals surface area contributed by atoms with Crippen LogP contribution in [-0.4, -0.2) is 53.4 Å². The number of carbonyl (C=O) groups excluding carboxylic acids is 1. The first-order valence-electron chi connectivity index (χ1n) is 12.5. The molecule has 1 amide bonds. The average molecular weight is 493 g/mol. The molecule has 9 heteroatoms. The number of anilines is 2. The third kappa shape index (κ3) is 4.93. The molecule has 0 radical (unpaired) electrons. The number of aromatic nitrogens is 6. The number of hydrogen-bond donors (Lipinski definition) is 2. The summed E-state index contributed by atoms with van der Waals surface area (Å²) in [5.74, 6) is 2.20. The van der Waals surface area contributed by atoms with Crippen molar-refractivity contribution in [3.8, 4) is 11.4 Å². The van der Waals surface area contributed by atoms with Crippen molar-refractivity contribution in [3.63, 3.8) is 0 Å². The van der Waals surface area contributed by atoms with Crippen LogP contribution in [0.15, 0.2) is 73.3 Å². The number of hydrogen-bond acceptors (Lipinski definition) is 6. The Labute approximate surface area is 214 Å². The van der Waals surface area contributed by atoms with Crippen LogP contribution in [0.2, 0.25) is 0 Å². The summed E-state index contributed by atoms with van der Waals surface area (Å²) in [7, 11) is 2.03. The molecule has 1 fully saturated rings. The van der Waals surface area contributed by atoms with E-state index in [4.69, 9.17) is 0 Å². The number of nitrogens with zero attached hydrogens (tertiary/aromatic N) is 6. The van der Waals surface area contributed by atoms with Crippen molar-refractivity contribution >= 4 is 28.4 Å². The summed E-state index contributed by atoms with van der Waals surface area (Å²) in [5.41, 5.74) is 3.92. The van der Waals surface area contributed by atoms with Crippen molar-refractivity contribution < 1.29 is 4.79 Å². The molecule has 0 unspecified atom stereocenters. The molecule has 0 spiro atoms. The highest BCUT2D eigenvalue weighted by molar-refractivity contribution is 5.98. The summed E-state index contributed by atoms with van der Waals surface area (Å²) < 4.78 is 2.08. The number of nitrogens with one attached hydrogen (secondary N) is 2. The standard InChI is InChI=1S/C28H28N8O/c1-35-15-12-30-26(35)16-19-8-13-36(14-9-19)27(37)25-18-20-17-21(5-6-22(20)33-25)32-28-31-11-7-24(34-28)23-4-2-3-10-29-23/h2-7,10-12,15,17-19,33H,8-9,13-14,16H2,1H3,(H,31,32,34). The first-order valence-corrected chi connectivity index (χ1v) is 12.5. The Kier molecular flexibility index (Phi) is 6.10. The van der Waals surface area contributed by atoms with Gasteiger partial charge in [0.1, 0.15) is 11.5 Å². The molecule has 6 rings (SSSR count). The van der Waals surface area contributed by atoms with Crippen molar-refractivity contribution in [1.29, 1.82) is 0 Å². The Hall–Kier alpha value is -4.53. The highest BCUT2D eigenvalue weighted by Gasteiger charge is 2.25. The van der Waals surface area contributed by atoms with Gasteiger partial charge in [-0.3, -0.25) is 9.78 Å². The van der Waals surface area contributed by atoms with Crippen LogP contribution in [0, 0.1) is 5.92 Å². The van der Waals surface area contributed by atoms with Gasteiger partial charge in [0.05, 0.1) is 11.4 Å². The lowest BCUT2D eigenvalue weighted by Gasteiger charge is -2.31. The number of aryl methyl sites for hydroxylation is 1. The first-order chi connectivity index (χ1) is 18.1. The fourth-order valence-corrected chi connectivity index (χ4v) is 4.89. The van der Waals surface area contributed by atoms with Crippen LogP contribution in [0.25, 0.3) is 22.3 Å². The number of carbonyl (C=O) groups is 1. The number of H-pyrrole nitrogens is 1. The maximum atomic E-state index is 13.2. The zero-order valence-corrected chi connectivity index (χ0v) is 20.6. The van der Waals surface area contributed by atoms with Crippen molar-refractivity contribution in [3.05, 3.63) is 84.8 Å². The zero-order valence-electron chi connectivity index (χ0n) is 20.6. The van der Waals surface area contributed by atoms with Gasteiger partial charge in [-0.2, -0.15) is 0 Å². The smallest absolute Gasteiger partial charge is 0.270 e. The van der Waals surface area contributed by atoms with Gasteiger partial charge in [0, 0.05) is 67.9 Å². The molecule has 186 valence electrons. The van der Waals surface area contributed by atoms with Gasteiger partial charge < -0.3 is 19.8 Å². The molecule has 1 saturated heterocycles. The van der Waals surface area contributed by atoms with Crippen LogP contribution in [-0.2, 0) is 13.5 Å². The highest BCUT2D eigenvalue weighted by atomic mass is 16.2. The molecule has 9 nitrogen and oxygen atoms in total. The van der Waals surface area contributed by atoms with E-state index in [0.29, 0.717) is 17.6 Å². The van der Waals surface area contributed by atoms with Gasteiger partial charge in [-0.05, 0) is 61.2 Å². The average Bonchev–Trinajstić information content (AvgIpc) is 3.55. The Morgan fingerprint density at radius 2 is 1.89 bits per heavy atom. The van der Waals surface area contributed by atoms with Crippen LogP contribution < -0.4 is 5.32 Å². The number of amides is 1. The van der Waals surface area contributed by atoms with Crippen molar-refractivity contribution in [2.75, 3.05) is 18.4 Å². The molecule has 0 saturated carbocycles. The third-order valence-electron chi connectivity index (χ3n) is 6.98. The molecule has 0 bridgehead atoms. The van der Waals surface area contributed by atoms with Gasteiger partial charge in [-0.1, -0.05) is 6.07 Å². The van der Waals surface area contributed by atoms with E-state index in [1.807, 2.05) is 72.9 Å². The van der Waals surface area contributed by atoms with E-state index in [2.05, 4.69) is 34.8 Å². The number of piperidine rings is 1. The molecule has 0 aliphatic carbocycles. The number of likely N-dealkylation sites (tertiary alicyclic amines) is 1. The van der Waals surface area contributed by atoms with E-state index in [9.17, 15) is 4.79 Å². The fraction of sp³-hybridized carbons (Fsp3) is 0.250. The molecule has 2 N–H and O–H groups in total. The van der Waals surface area contributed by atoms with E-state index in [-0.39, 0.29) is 5.91 Å². The second kappa shape index (κ2) is 9.85. The molecule has 37 heavy (non-hydrogen) atoms. The Morgan fingerprint density at radius 3 is 2.68 bits per heavy atom. The molecular weight excluding hydrogens is 464 g/mol. The van der Waals surface area contributed by atoms with Crippen molar-refractivity contribution in [2.24, 2.45) is 13.0 Å². The number of imidazole rings is 1. The van der Waals surface area contributed by atoms with Crippen LogP contribution in [0.4, 0.5) is 11.6 Å². The fourth-order valence-electron chi connectivity index (χ4n) is 4.89. The van der Waals surface area contributed by atoms with Gasteiger partial charge in [-0.25, -0.2) is 15.0 Å². The summed E-state index contributed by atoms with van der Waals surface area (Å²) in [6.07, 6.45) is 10.2. The minimum atomic E-state index is 0.0487. The molecule has 5 heterocycles. The normalized spacial score (nSPS) is 14.2. The lowest BCUT2D eigenvalue weighted by Crippen LogP contribution is -2.39. The predicted molar refractivity (Wildman–Crippen MR) is 142 cm³/mol. The SMILES string of the molecule is Cn1ccnc1CC1CCN(C(=O)c2cc3cc(Nc4nccc(-c5ccccn5)n4)ccc3[nH]2)CC1. The quantitative estimate of drug-likeness (QED) is 0.359. The summed E-state index contributed by atoms with van der Waals surface area (Å²) in [5, 5.41) is 4.23. The molecular formula is C28H28N8O. The summed E-state index contributed by atoms with van der Waals surface area (Å²) in [4.78, 5) is 36.2. The lowest BCUT2D eigenvalue weighted by atomic mass is 9.93. The topological polar surface area (TPSA) is 105 Å². The van der Waals surface area contributed by atoms with Crippen molar-refractivity contribution in [1.82, 2.24) is 34.4 Å². The van der Waals surface area contributed by atoms with E-state index in [0.717, 1.165) is 66.2 Å². The van der Waals surface area contributed by atoms with Crippen LogP contribution in [0.5, 0.6) is 0 Å². The Bertz CT molecular complexity index is 1530. The summed E-state index contributed by atoms with van der Waals surface area (Å²) in [6.45, 7) is 1.53. The summed E-state index contributed by atoms with van der Waals surface area (Å²) >= 11 is 0. The molecule has 1 aliphatic heterocycles. The minimum absolute atomic E-state index is 0.0487. The zero-order chi connectivity index (χ0) is 25.2. The number of pyridine rings is 1. The molecule has 0 atom stereocenters. The minimum Gasteiger partial charge on any atom is -0.351 e. The predicted octanol–water partition coefficient (Wildman–Crippen LogP) is 4.59. The number of fused-ring (bicyclic) bond motifs is 1. The van der Waals surface area contributed by atoms with Gasteiger partial charge in [0.15, 0.2) is 0 Å². The van der Waals surface area contributed by atoms with Crippen molar-refractivity contribution in [2.45, 2.75) is 19.3 Å². The van der Waals surface area contributed by atoms with Gasteiger partial charge in [0.2, 0.25) is 5.95 Å². The van der Waals surface area contributed by atoms with Gasteiger partial charge in [-0.15, -0.1) is 0 Å². The van der Waals surface area contributed by atoms with Gasteiger partial charge >= 0.3 is 0 Å². The van der Waals surface area contributed by atoms with Crippen LogP contribution in [0.3, 0.4) is 0 Å². The van der Waals surface area contributed by atoms with E-state index in [1.54, 1.807) is 12.4 Å². The lowest BCUT2D eigenvalue weighted by molar-refractivity contribution is 0.0684. The van der Waals surface area contributed by atoms with E-state index < -0.39 is 0 Å². The van der Waals surface area contributed by atoms with Crippen LogP contribution in [0.1, 0.15) is 29.2 Å². The Balaban J connectivity index is 1.12. The number of benzene rings is 1. The highest BCUT2D eigenvalue weighted by Crippen LogP contribution is 2.26. The number of rotatable bonds is 6. The summed E-state index contributed by atoms with van der Waals surface area (Å²) in [6, 6.07) is 15.4. The first kappa shape index (κ1) is 22.9. The number of aromatic amines is 1. The molecule has 1 aromatic carbocycles. The molecule has 1 aliphatic rings.